The second-order valence-corrected chi connectivity index (χ2v) is 9.13. The number of methoxy groups -OCH3 is 1. The van der Waals surface area contributed by atoms with Crippen LogP contribution in [0.15, 0.2) is 53.4 Å². The number of hydrogen-bond donors (Lipinski definition) is 1. The third-order valence-corrected chi connectivity index (χ3v) is 6.08. The van der Waals surface area contributed by atoms with Crippen molar-refractivity contribution in [1.29, 1.82) is 0 Å². The molecule has 0 spiro atoms. The Balaban J connectivity index is 2.25. The molecule has 0 fully saturated rings. The van der Waals surface area contributed by atoms with Gasteiger partial charge in [-0.05, 0) is 0 Å². The average molecular weight is 423 g/mol. The quantitative estimate of drug-likeness (QED) is 0.558. The van der Waals surface area contributed by atoms with E-state index in [-0.39, 0.29) is 10.8 Å². The van der Waals surface area contributed by atoms with Crippen LogP contribution in [0.2, 0.25) is 0 Å². The molecule has 2 aromatic rings. The van der Waals surface area contributed by atoms with Gasteiger partial charge in [0.2, 0.25) is 0 Å². The van der Waals surface area contributed by atoms with E-state index in [0.29, 0.717) is 0 Å². The summed E-state index contributed by atoms with van der Waals surface area (Å²) in [6, 6.07) is 13.7. The predicted octanol–water partition coefficient (Wildman–Crippen LogP) is 1.09. The van der Waals surface area contributed by atoms with Crippen molar-refractivity contribution in [2.24, 2.45) is 5.92 Å². The topological polar surface area (TPSA) is 72.5 Å². The molecule has 0 aliphatic carbocycles. The van der Waals surface area contributed by atoms with Crippen molar-refractivity contribution in [2.45, 2.75) is 24.8 Å². The van der Waals surface area contributed by atoms with Gasteiger partial charge in [-0.2, -0.15) is 0 Å². The van der Waals surface area contributed by atoms with Crippen LogP contribution in [0, 0.1) is 5.92 Å². The minimum absolute atomic E-state index is 0.112. The number of carbonyl (C=O) groups is 1. The van der Waals surface area contributed by atoms with Crippen LogP contribution in [0.1, 0.15) is 13.8 Å². The van der Waals surface area contributed by atoms with E-state index in [0.717, 1.165) is 11.1 Å². The summed E-state index contributed by atoms with van der Waals surface area (Å²) in [5.41, 5.74) is 1.95. The van der Waals surface area contributed by atoms with Crippen molar-refractivity contribution in [3.05, 3.63) is 48.5 Å². The molecule has 0 aromatic heterocycles. The first-order valence-corrected chi connectivity index (χ1v) is 10.5. The number of benzene rings is 2. The Labute approximate surface area is 157 Å². The molecule has 0 amide bonds. The van der Waals surface area contributed by atoms with Crippen LogP contribution in [-0.2, 0) is 19.6 Å². The van der Waals surface area contributed by atoms with Gasteiger partial charge >= 0.3 is 127 Å². The van der Waals surface area contributed by atoms with Crippen LogP contribution < -0.4 is 9.07 Å². The molecule has 0 radical (unpaired) electrons. The number of hydrogen-bond acceptors (Lipinski definition) is 4. The molecule has 2 unspecified atom stereocenters. The number of carbonyl (C=O) groups excluding carboxylic acids is 1. The SMILES string of the molecule is COC(=O)C(NS(=O)(=O)c1ccc(-c2ccc([AsH2])cc2)cc1)C(C)C. The Bertz CT molecular complexity index is 830. The summed E-state index contributed by atoms with van der Waals surface area (Å²) >= 11 is 1.55. The minimum Gasteiger partial charge on any atom is -0.0607 e. The fourth-order valence-electron chi connectivity index (χ4n) is 2.32. The summed E-state index contributed by atoms with van der Waals surface area (Å²) in [4.78, 5) is 11.9. The molecule has 2 aromatic carbocycles. The average Bonchev–Trinajstić information content (AvgIpc) is 2.59. The molecule has 1 N–H and O–H groups in total. The maximum absolute atomic E-state index is 12.5. The van der Waals surface area contributed by atoms with E-state index in [1.165, 1.54) is 23.6 Å². The van der Waals surface area contributed by atoms with Crippen molar-refractivity contribution < 1.29 is 17.9 Å². The van der Waals surface area contributed by atoms with Crippen molar-refractivity contribution in [3.63, 3.8) is 0 Å². The standard InChI is InChI=1S/C18H22AsNO4S/c1-12(2)17(18(21)24-3)20-25(22,23)16-10-6-14(7-11-16)13-4-8-15(19)9-5-13/h4-12,17,20H,19H2,1-3H3. The van der Waals surface area contributed by atoms with Crippen LogP contribution in [0.3, 0.4) is 0 Å². The molecule has 0 aliphatic rings. The van der Waals surface area contributed by atoms with Crippen LogP contribution in [0.4, 0.5) is 0 Å². The number of esters is 1. The van der Waals surface area contributed by atoms with Crippen molar-refractivity contribution in [1.82, 2.24) is 4.72 Å². The van der Waals surface area contributed by atoms with Crippen LogP contribution in [0.25, 0.3) is 11.1 Å². The zero-order valence-corrected chi connectivity index (χ0v) is 17.6. The number of sulfonamides is 1. The van der Waals surface area contributed by atoms with Crippen LogP contribution in [0.5, 0.6) is 0 Å². The van der Waals surface area contributed by atoms with E-state index in [4.69, 9.17) is 0 Å². The number of ether oxygens (including phenoxy) is 1. The summed E-state index contributed by atoms with van der Waals surface area (Å²) in [7, 11) is -2.57. The second kappa shape index (κ2) is 8.17. The molecular weight excluding hydrogens is 401 g/mol. The van der Waals surface area contributed by atoms with Gasteiger partial charge in [-0.25, -0.2) is 0 Å². The van der Waals surface area contributed by atoms with Gasteiger partial charge in [0.25, 0.3) is 0 Å². The summed E-state index contributed by atoms with van der Waals surface area (Å²) in [6.45, 7) is 3.51. The van der Waals surface area contributed by atoms with E-state index >= 15 is 0 Å². The van der Waals surface area contributed by atoms with E-state index in [1.807, 2.05) is 24.3 Å². The zero-order chi connectivity index (χ0) is 18.6. The molecule has 0 bridgehead atoms. The molecule has 5 nitrogen and oxygen atoms in total. The molecule has 0 saturated heterocycles. The van der Waals surface area contributed by atoms with Gasteiger partial charge in [0.15, 0.2) is 0 Å². The molecule has 2 atom stereocenters. The van der Waals surface area contributed by atoms with Gasteiger partial charge in [-0.1, -0.05) is 13.8 Å². The monoisotopic (exact) mass is 423 g/mol. The van der Waals surface area contributed by atoms with Crippen molar-refractivity contribution in [2.75, 3.05) is 7.11 Å². The number of nitrogens with one attached hydrogen (secondary N) is 1. The van der Waals surface area contributed by atoms with Gasteiger partial charge in [0.05, 0.1) is 7.11 Å². The molecule has 7 heteroatoms. The third kappa shape index (κ3) is 4.94. The fraction of sp³-hybridized carbons (Fsp3) is 0.278. The Morgan fingerprint density at radius 2 is 1.48 bits per heavy atom. The van der Waals surface area contributed by atoms with Gasteiger partial charge in [-0.3, -0.25) is 4.79 Å². The predicted molar refractivity (Wildman–Crippen MR) is 101 cm³/mol. The number of rotatable bonds is 6. The van der Waals surface area contributed by atoms with Gasteiger partial charge in [0.1, 0.15) is 0 Å². The molecule has 0 heterocycles. The van der Waals surface area contributed by atoms with Crippen LogP contribution in [-0.4, -0.2) is 44.4 Å². The fourth-order valence-corrected chi connectivity index (χ4v) is 4.06. The third-order valence-electron chi connectivity index (χ3n) is 3.81. The molecule has 2 rings (SSSR count). The smallest absolute Gasteiger partial charge is 0.0607 e. The van der Waals surface area contributed by atoms with Gasteiger partial charge in [-0.15, -0.1) is 0 Å². The summed E-state index contributed by atoms with van der Waals surface area (Å²) in [5.74, 6) is -0.827. The Morgan fingerprint density at radius 1 is 1.00 bits per heavy atom. The Morgan fingerprint density at radius 3 is 1.92 bits per heavy atom. The summed E-state index contributed by atoms with van der Waals surface area (Å²) < 4.78 is 33.4. The van der Waals surface area contributed by atoms with E-state index < -0.39 is 22.0 Å². The first kappa shape index (κ1) is 19.7. The molecule has 0 aliphatic heterocycles. The van der Waals surface area contributed by atoms with E-state index in [9.17, 15) is 13.2 Å². The molecule has 0 saturated carbocycles. The first-order chi connectivity index (χ1) is 11.7. The Hall–Kier alpha value is -1.62. The first-order valence-electron chi connectivity index (χ1n) is 7.80. The Kier molecular flexibility index (Phi) is 6.44. The summed E-state index contributed by atoms with van der Waals surface area (Å²) in [5, 5.41) is 0. The normalized spacial score (nSPS) is 12.8. The summed E-state index contributed by atoms with van der Waals surface area (Å²) in [6.07, 6.45) is 0. The minimum atomic E-state index is -3.81. The van der Waals surface area contributed by atoms with Crippen molar-refractivity contribution >= 4 is 37.2 Å². The maximum atomic E-state index is 12.5. The van der Waals surface area contributed by atoms with E-state index in [1.54, 1.807) is 42.8 Å². The second-order valence-electron chi connectivity index (χ2n) is 6.01. The van der Waals surface area contributed by atoms with E-state index in [2.05, 4.69) is 9.46 Å². The van der Waals surface area contributed by atoms with Crippen molar-refractivity contribution in [3.8, 4) is 11.1 Å². The molecular formula is C18H22AsNO4S. The van der Waals surface area contributed by atoms with Gasteiger partial charge < -0.3 is 4.74 Å². The molecule has 25 heavy (non-hydrogen) atoms. The van der Waals surface area contributed by atoms with Gasteiger partial charge in [0, 0.05) is 0 Å². The molecule has 134 valence electrons. The van der Waals surface area contributed by atoms with Crippen LogP contribution >= 0.6 is 0 Å². The zero-order valence-electron chi connectivity index (χ0n) is 14.4.